The number of hydrogen-bond donors (Lipinski definition) is 5. The topological polar surface area (TPSA) is 156 Å². The Morgan fingerprint density at radius 1 is 0.768 bits per heavy atom. The zero-order valence-electron chi connectivity index (χ0n) is 30.3. The highest BCUT2D eigenvalue weighted by molar-refractivity contribution is 6.29. The van der Waals surface area contributed by atoms with Crippen molar-refractivity contribution in [1.29, 1.82) is 0 Å². The highest BCUT2D eigenvalue weighted by atomic mass is 35.5. The number of aliphatic hydroxyl groups excluding tert-OH is 1. The minimum Gasteiger partial charge on any atom is -0.477 e. The Labute approximate surface area is 326 Å². The molecule has 8 rings (SSSR count). The van der Waals surface area contributed by atoms with E-state index >= 15 is 0 Å². The molecular formula is C41H41ClF2N6O6. The van der Waals surface area contributed by atoms with Crippen molar-refractivity contribution in [2.45, 2.75) is 37.8 Å². The molecule has 2 fully saturated rings. The average molecular weight is 787 g/mol. The number of carboxylic acid groups (broad SMARTS) is 1. The number of nitrogens with zero attached hydrogens (tertiary/aromatic N) is 3. The zero-order chi connectivity index (χ0) is 39.2. The number of aliphatic hydroxyl groups is 1. The summed E-state index contributed by atoms with van der Waals surface area (Å²) in [4.78, 5) is 38.8. The molecule has 2 saturated heterocycles. The fraction of sp³-hybridized carbons (Fsp3) is 0.293. The van der Waals surface area contributed by atoms with Crippen LogP contribution in [0.4, 0.5) is 8.78 Å². The van der Waals surface area contributed by atoms with Gasteiger partial charge in [0, 0.05) is 91.4 Å². The molecule has 0 radical (unpaired) electrons. The van der Waals surface area contributed by atoms with Gasteiger partial charge in [-0.2, -0.15) is 0 Å². The summed E-state index contributed by atoms with van der Waals surface area (Å²) in [6.45, 7) is 5.84. The number of likely N-dealkylation sites (tertiary alicyclic amines) is 2. The number of amides is 1. The van der Waals surface area contributed by atoms with Crippen molar-refractivity contribution >= 4 is 45.3 Å². The lowest BCUT2D eigenvalue weighted by atomic mass is 10.0. The van der Waals surface area contributed by atoms with Crippen LogP contribution in [-0.4, -0.2) is 98.3 Å². The molecule has 2 aliphatic rings. The molecule has 56 heavy (non-hydrogen) atoms. The lowest BCUT2D eigenvalue weighted by Crippen LogP contribution is -2.47. The summed E-state index contributed by atoms with van der Waals surface area (Å²) in [5.41, 5.74) is 1.91. The van der Waals surface area contributed by atoms with Crippen molar-refractivity contribution in [2.75, 3.05) is 39.3 Å². The number of carbonyl (C=O) groups excluding carboxylic acids is 1. The Hall–Kier alpha value is -5.54. The summed E-state index contributed by atoms with van der Waals surface area (Å²) in [6.07, 6.45) is 3.36. The smallest absolute Gasteiger partial charge is 0.352 e. The van der Waals surface area contributed by atoms with Crippen LogP contribution < -0.4 is 14.8 Å². The van der Waals surface area contributed by atoms with Gasteiger partial charge in [0.2, 0.25) is 5.88 Å². The summed E-state index contributed by atoms with van der Waals surface area (Å²) >= 11 is 5.80. The number of nitrogens with one attached hydrogen (secondary N) is 3. The van der Waals surface area contributed by atoms with Crippen molar-refractivity contribution in [1.82, 2.24) is 30.1 Å². The van der Waals surface area contributed by atoms with Gasteiger partial charge >= 0.3 is 5.97 Å². The van der Waals surface area contributed by atoms with Gasteiger partial charge < -0.3 is 44.8 Å². The number of rotatable bonds is 10. The number of aromatic nitrogens is 3. The lowest BCUT2D eigenvalue weighted by Gasteiger charge is -2.35. The Morgan fingerprint density at radius 3 is 1.93 bits per heavy atom. The Kier molecular flexibility index (Phi) is 12.1. The maximum atomic E-state index is 13.6. The number of aromatic carboxylic acids is 1. The number of ether oxygens (including phenoxy) is 2. The molecule has 3 aromatic heterocycles. The van der Waals surface area contributed by atoms with E-state index in [1.165, 1.54) is 6.07 Å². The van der Waals surface area contributed by atoms with E-state index in [-0.39, 0.29) is 29.5 Å². The van der Waals surface area contributed by atoms with Crippen molar-refractivity contribution in [3.63, 3.8) is 0 Å². The summed E-state index contributed by atoms with van der Waals surface area (Å²) in [6, 6.07) is 22.0. The maximum absolute atomic E-state index is 13.6. The molecular weight excluding hydrogens is 746 g/mol. The number of benzene rings is 3. The first-order chi connectivity index (χ1) is 27.1. The van der Waals surface area contributed by atoms with Crippen LogP contribution in [0.5, 0.6) is 23.1 Å². The van der Waals surface area contributed by atoms with Crippen LogP contribution in [0.3, 0.4) is 0 Å². The second kappa shape index (κ2) is 17.5. The van der Waals surface area contributed by atoms with Crippen molar-refractivity contribution in [3.8, 4) is 23.1 Å². The van der Waals surface area contributed by atoms with E-state index in [4.69, 9.17) is 26.2 Å². The molecule has 292 valence electrons. The van der Waals surface area contributed by atoms with Crippen molar-refractivity contribution in [2.24, 2.45) is 0 Å². The largest absolute Gasteiger partial charge is 0.477 e. The zero-order valence-corrected chi connectivity index (χ0v) is 31.1. The van der Waals surface area contributed by atoms with E-state index in [9.17, 15) is 23.5 Å². The molecule has 0 aliphatic carbocycles. The van der Waals surface area contributed by atoms with Crippen LogP contribution in [0.15, 0.2) is 84.9 Å². The van der Waals surface area contributed by atoms with Gasteiger partial charge in [-0.05, 0) is 68.1 Å². The molecule has 1 amide bonds. The number of aromatic amines is 2. The fourth-order valence-corrected chi connectivity index (χ4v) is 7.09. The standard InChI is InChI=1S/C27H32F2N4O3.C14H9ClN2O3/c28-18-14-19(29)16-22(15-18)36-26-3-1-2-24-23(26)17-25(31-24)27(35)30-20-4-8-32(9-5-20)12-13-33-10-6-21(34)7-11-33;15-12-5-2-6-13(17-12)20-11-4-1-3-9-8(11)7-10(16-9)14(18)19/h1-3,14-17,20-21,31,34H,4-13H2,(H,30,35);1-7,16H,(H,18,19). The molecule has 0 saturated carbocycles. The van der Waals surface area contributed by atoms with Crippen LogP contribution in [0, 0.1) is 11.6 Å². The minimum absolute atomic E-state index is 0.0526. The molecule has 15 heteroatoms. The molecule has 3 aromatic carbocycles. The summed E-state index contributed by atoms with van der Waals surface area (Å²) < 4.78 is 38.5. The predicted octanol–water partition coefficient (Wildman–Crippen LogP) is 7.60. The highest BCUT2D eigenvalue weighted by Crippen LogP contribution is 2.32. The van der Waals surface area contributed by atoms with Crippen LogP contribution in [0.25, 0.3) is 21.8 Å². The number of carbonyl (C=O) groups is 2. The summed E-state index contributed by atoms with van der Waals surface area (Å²) in [7, 11) is 0. The van der Waals surface area contributed by atoms with Gasteiger partial charge in [-0.3, -0.25) is 4.79 Å². The number of hydrogen-bond acceptors (Lipinski definition) is 8. The number of carboxylic acids is 1. The van der Waals surface area contributed by atoms with E-state index in [2.05, 4.69) is 30.1 Å². The van der Waals surface area contributed by atoms with Crippen LogP contribution >= 0.6 is 11.6 Å². The van der Waals surface area contributed by atoms with E-state index in [0.29, 0.717) is 50.0 Å². The lowest BCUT2D eigenvalue weighted by molar-refractivity contribution is 0.0691. The first kappa shape index (κ1) is 38.7. The number of fused-ring (bicyclic) bond motifs is 2. The van der Waals surface area contributed by atoms with Gasteiger partial charge in [-0.1, -0.05) is 29.8 Å². The molecule has 5 heterocycles. The van der Waals surface area contributed by atoms with Gasteiger partial charge in [-0.15, -0.1) is 0 Å². The fourth-order valence-electron chi connectivity index (χ4n) is 6.93. The molecule has 6 aromatic rings. The first-order valence-corrected chi connectivity index (χ1v) is 18.8. The second-order valence-corrected chi connectivity index (χ2v) is 14.3. The van der Waals surface area contributed by atoms with E-state index < -0.39 is 17.6 Å². The van der Waals surface area contributed by atoms with Gasteiger partial charge in [-0.25, -0.2) is 18.6 Å². The van der Waals surface area contributed by atoms with Crippen LogP contribution in [-0.2, 0) is 0 Å². The number of piperidine rings is 2. The Balaban J connectivity index is 0.000000202. The van der Waals surface area contributed by atoms with E-state index in [1.54, 1.807) is 54.6 Å². The normalized spacial score (nSPS) is 15.7. The number of halogens is 3. The van der Waals surface area contributed by atoms with E-state index in [1.807, 2.05) is 6.07 Å². The van der Waals surface area contributed by atoms with Gasteiger partial charge in [0.1, 0.15) is 45.4 Å². The number of H-pyrrole nitrogens is 2. The summed E-state index contributed by atoms with van der Waals surface area (Å²) in [5, 5.41) is 23.5. The molecule has 0 unspecified atom stereocenters. The SMILES string of the molecule is O=C(NC1CCN(CCN2CCC(O)CC2)CC1)c1cc2c(Oc3cc(F)cc(F)c3)cccc2[nH]1.O=C(O)c1cc2c(Oc3cccc(Cl)n3)cccc2[nH]1. The molecule has 0 spiro atoms. The predicted molar refractivity (Wildman–Crippen MR) is 208 cm³/mol. The first-order valence-electron chi connectivity index (χ1n) is 18.4. The van der Waals surface area contributed by atoms with Crippen molar-refractivity contribution in [3.05, 3.63) is 113 Å². The van der Waals surface area contributed by atoms with Crippen LogP contribution in [0.1, 0.15) is 46.7 Å². The summed E-state index contributed by atoms with van der Waals surface area (Å²) in [5.74, 6) is -1.31. The third-order valence-corrected chi connectivity index (χ3v) is 10.1. The monoisotopic (exact) mass is 786 g/mol. The van der Waals surface area contributed by atoms with Gasteiger partial charge in [0.05, 0.1) is 6.10 Å². The highest BCUT2D eigenvalue weighted by Gasteiger charge is 2.24. The van der Waals surface area contributed by atoms with Gasteiger partial charge in [0.25, 0.3) is 5.91 Å². The van der Waals surface area contributed by atoms with E-state index in [0.717, 1.165) is 83.2 Å². The maximum Gasteiger partial charge on any atom is 0.352 e. The second-order valence-electron chi connectivity index (χ2n) is 13.9. The molecule has 0 atom stereocenters. The molecule has 2 aliphatic heterocycles. The van der Waals surface area contributed by atoms with Gasteiger partial charge in [0.15, 0.2) is 0 Å². The Morgan fingerprint density at radius 2 is 1.32 bits per heavy atom. The van der Waals surface area contributed by atoms with Crippen LogP contribution in [0.2, 0.25) is 5.15 Å². The molecule has 12 nitrogen and oxygen atoms in total. The minimum atomic E-state index is -1.02. The Bertz CT molecular complexity index is 2300. The molecule has 5 N–H and O–H groups in total. The third-order valence-electron chi connectivity index (χ3n) is 9.90. The third kappa shape index (κ3) is 9.81. The molecule has 0 bridgehead atoms. The van der Waals surface area contributed by atoms with Crippen molar-refractivity contribution < 1.29 is 38.1 Å². The average Bonchev–Trinajstić information content (AvgIpc) is 3.82. The number of pyridine rings is 1. The quantitative estimate of drug-likeness (QED) is 0.0883.